The van der Waals surface area contributed by atoms with Crippen LogP contribution in [0.25, 0.3) is 0 Å². The Labute approximate surface area is 180 Å². The molecule has 1 aromatic heterocycles. The third-order valence-electron chi connectivity index (χ3n) is 4.91. The Balaban J connectivity index is 1.70. The molecule has 0 fully saturated rings. The number of nitrogens with zero attached hydrogens (tertiary/aromatic N) is 3. The number of nitrogens with one attached hydrogen (secondary N) is 1. The highest BCUT2D eigenvalue weighted by molar-refractivity contribution is 8.00. The van der Waals surface area contributed by atoms with Gasteiger partial charge < -0.3 is 10.2 Å². The third-order valence-corrected chi connectivity index (χ3v) is 6.18. The number of hydrogen-bond acceptors (Lipinski definition) is 5. The number of halogens is 1. The molecule has 8 heteroatoms. The Morgan fingerprint density at radius 1 is 1.24 bits per heavy atom. The number of amides is 1. The van der Waals surface area contributed by atoms with Gasteiger partial charge in [0, 0.05) is 28.5 Å². The Bertz CT molecular complexity index is 912. The van der Waals surface area contributed by atoms with E-state index < -0.39 is 0 Å². The summed E-state index contributed by atoms with van der Waals surface area (Å²) in [7, 11) is 4.07. The molecule has 0 saturated carbocycles. The largest absolute Gasteiger partial charge is 0.348 e. The molecule has 0 radical (unpaired) electrons. The summed E-state index contributed by atoms with van der Waals surface area (Å²) in [6.45, 7) is 1.62. The highest BCUT2D eigenvalue weighted by atomic mass is 35.5. The van der Waals surface area contributed by atoms with Crippen molar-refractivity contribution >= 4 is 35.0 Å². The standard InChI is InChI=1S/C21H27ClN4O2S/c1-25(2)12-5-13-26-18-7-4-3-6-17(18)20(24-21(26)28)29-14-19(27)23-16-10-8-15(22)9-11-16/h8-11H,3-7,12-14H2,1-2H3,(H,23,27). The van der Waals surface area contributed by atoms with Crippen molar-refractivity contribution in [1.29, 1.82) is 0 Å². The van der Waals surface area contributed by atoms with Crippen LogP contribution in [0.4, 0.5) is 5.69 Å². The number of benzene rings is 1. The predicted octanol–water partition coefficient (Wildman–Crippen LogP) is 3.46. The fourth-order valence-electron chi connectivity index (χ4n) is 3.51. The fraction of sp³-hybridized carbons (Fsp3) is 0.476. The third kappa shape index (κ3) is 6.07. The van der Waals surface area contributed by atoms with Crippen LogP contribution in [0.15, 0.2) is 34.1 Å². The van der Waals surface area contributed by atoms with E-state index in [4.69, 9.17) is 11.6 Å². The van der Waals surface area contributed by atoms with Gasteiger partial charge in [-0.15, -0.1) is 0 Å². The van der Waals surface area contributed by atoms with Crippen LogP contribution in [0.5, 0.6) is 0 Å². The zero-order valence-corrected chi connectivity index (χ0v) is 18.5. The normalized spacial score (nSPS) is 13.4. The maximum atomic E-state index is 12.7. The Morgan fingerprint density at radius 2 is 1.97 bits per heavy atom. The molecular formula is C21H27ClN4O2S. The first-order valence-electron chi connectivity index (χ1n) is 9.89. The van der Waals surface area contributed by atoms with E-state index in [2.05, 4.69) is 15.2 Å². The summed E-state index contributed by atoms with van der Waals surface area (Å²) in [6.07, 6.45) is 4.91. The van der Waals surface area contributed by atoms with E-state index >= 15 is 0 Å². The molecule has 1 aliphatic carbocycles. The summed E-state index contributed by atoms with van der Waals surface area (Å²) in [5, 5.41) is 4.18. The van der Waals surface area contributed by atoms with Crippen molar-refractivity contribution in [3.8, 4) is 0 Å². The van der Waals surface area contributed by atoms with Crippen LogP contribution >= 0.6 is 23.4 Å². The zero-order valence-electron chi connectivity index (χ0n) is 16.9. The van der Waals surface area contributed by atoms with Crippen molar-refractivity contribution in [2.45, 2.75) is 43.7 Å². The molecule has 1 aliphatic rings. The van der Waals surface area contributed by atoms with Crippen molar-refractivity contribution in [3.63, 3.8) is 0 Å². The van der Waals surface area contributed by atoms with E-state index in [1.165, 1.54) is 11.8 Å². The lowest BCUT2D eigenvalue weighted by Crippen LogP contribution is -2.31. The molecule has 1 aromatic carbocycles. The molecule has 2 aromatic rings. The van der Waals surface area contributed by atoms with Gasteiger partial charge in [0.25, 0.3) is 0 Å². The lowest BCUT2D eigenvalue weighted by atomic mass is 9.97. The second-order valence-electron chi connectivity index (χ2n) is 7.48. The topological polar surface area (TPSA) is 67.2 Å². The van der Waals surface area contributed by atoms with Gasteiger partial charge in [-0.05, 0) is 77.0 Å². The van der Waals surface area contributed by atoms with Crippen LogP contribution in [0.3, 0.4) is 0 Å². The molecule has 1 amide bonds. The number of rotatable bonds is 8. The minimum absolute atomic E-state index is 0.126. The van der Waals surface area contributed by atoms with Gasteiger partial charge in [0.1, 0.15) is 5.03 Å². The number of thioether (sulfide) groups is 1. The monoisotopic (exact) mass is 434 g/mol. The van der Waals surface area contributed by atoms with Gasteiger partial charge in [-0.25, -0.2) is 4.79 Å². The molecule has 6 nitrogen and oxygen atoms in total. The number of carbonyl (C=O) groups excluding carboxylic acids is 1. The molecule has 0 spiro atoms. The minimum Gasteiger partial charge on any atom is -0.325 e. The van der Waals surface area contributed by atoms with Crippen LogP contribution in [0.2, 0.25) is 5.02 Å². The second kappa shape index (κ2) is 10.3. The lowest BCUT2D eigenvalue weighted by Gasteiger charge is -2.23. The van der Waals surface area contributed by atoms with Crippen molar-refractivity contribution in [3.05, 3.63) is 51.0 Å². The van der Waals surface area contributed by atoms with Crippen LogP contribution in [0.1, 0.15) is 30.5 Å². The summed E-state index contributed by atoms with van der Waals surface area (Å²) in [5.74, 6) is 0.0884. The van der Waals surface area contributed by atoms with Crippen LogP contribution in [-0.4, -0.2) is 46.8 Å². The molecule has 1 N–H and O–H groups in total. The Morgan fingerprint density at radius 3 is 2.69 bits per heavy atom. The van der Waals surface area contributed by atoms with Gasteiger partial charge in [0.2, 0.25) is 5.91 Å². The molecule has 3 rings (SSSR count). The SMILES string of the molecule is CN(C)CCCn1c2c(c(SCC(=O)Nc3ccc(Cl)cc3)nc1=O)CCCC2. The Kier molecular flexibility index (Phi) is 7.75. The smallest absolute Gasteiger partial charge is 0.325 e. The van der Waals surface area contributed by atoms with E-state index in [0.29, 0.717) is 22.3 Å². The summed E-state index contributed by atoms with van der Waals surface area (Å²) in [4.78, 5) is 31.4. The van der Waals surface area contributed by atoms with Gasteiger partial charge in [-0.3, -0.25) is 9.36 Å². The molecule has 29 heavy (non-hydrogen) atoms. The Hall–Kier alpha value is -1.83. The van der Waals surface area contributed by atoms with Gasteiger partial charge >= 0.3 is 5.69 Å². The van der Waals surface area contributed by atoms with E-state index in [9.17, 15) is 9.59 Å². The maximum absolute atomic E-state index is 12.7. The van der Waals surface area contributed by atoms with Crippen molar-refractivity contribution in [2.75, 3.05) is 31.7 Å². The summed E-state index contributed by atoms with van der Waals surface area (Å²) in [5.41, 5.74) is 2.75. The number of aromatic nitrogens is 2. The average molecular weight is 435 g/mol. The van der Waals surface area contributed by atoms with E-state index in [-0.39, 0.29) is 17.3 Å². The minimum atomic E-state index is -0.204. The molecule has 0 aliphatic heterocycles. The van der Waals surface area contributed by atoms with Crippen LogP contribution in [0, 0.1) is 0 Å². The van der Waals surface area contributed by atoms with Crippen LogP contribution < -0.4 is 11.0 Å². The van der Waals surface area contributed by atoms with Gasteiger partial charge in [-0.1, -0.05) is 23.4 Å². The first-order chi connectivity index (χ1) is 13.9. The molecule has 0 unspecified atom stereocenters. The fourth-order valence-corrected chi connectivity index (χ4v) is 4.51. The highest BCUT2D eigenvalue weighted by Gasteiger charge is 2.21. The number of fused-ring (bicyclic) bond motifs is 1. The molecule has 0 bridgehead atoms. The quantitative estimate of drug-likeness (QED) is 0.509. The van der Waals surface area contributed by atoms with E-state index in [1.807, 2.05) is 18.7 Å². The van der Waals surface area contributed by atoms with E-state index in [1.54, 1.807) is 24.3 Å². The molecule has 0 atom stereocenters. The average Bonchev–Trinajstić information content (AvgIpc) is 2.69. The molecule has 1 heterocycles. The molecule has 0 saturated heterocycles. The van der Waals surface area contributed by atoms with Crippen molar-refractivity contribution in [2.24, 2.45) is 0 Å². The van der Waals surface area contributed by atoms with Gasteiger partial charge in [-0.2, -0.15) is 4.98 Å². The second-order valence-corrected chi connectivity index (χ2v) is 8.88. The highest BCUT2D eigenvalue weighted by Crippen LogP contribution is 2.28. The zero-order chi connectivity index (χ0) is 20.8. The van der Waals surface area contributed by atoms with E-state index in [0.717, 1.165) is 49.9 Å². The van der Waals surface area contributed by atoms with Crippen molar-refractivity contribution in [1.82, 2.24) is 14.5 Å². The summed E-state index contributed by atoms with van der Waals surface area (Å²) >= 11 is 7.22. The number of carbonyl (C=O) groups is 1. The molecule has 156 valence electrons. The number of anilines is 1. The lowest BCUT2D eigenvalue weighted by molar-refractivity contribution is -0.113. The van der Waals surface area contributed by atoms with Crippen molar-refractivity contribution < 1.29 is 4.79 Å². The molecular weight excluding hydrogens is 408 g/mol. The summed E-state index contributed by atoms with van der Waals surface area (Å²) < 4.78 is 1.84. The van der Waals surface area contributed by atoms with Gasteiger partial charge in [0.05, 0.1) is 5.75 Å². The number of hydrogen-bond donors (Lipinski definition) is 1. The first-order valence-corrected chi connectivity index (χ1v) is 11.3. The predicted molar refractivity (Wildman–Crippen MR) is 119 cm³/mol. The maximum Gasteiger partial charge on any atom is 0.348 e. The summed E-state index contributed by atoms with van der Waals surface area (Å²) in [6, 6.07) is 7.00. The van der Waals surface area contributed by atoms with Gasteiger partial charge in [0.15, 0.2) is 0 Å². The first kappa shape index (κ1) is 21.9. The van der Waals surface area contributed by atoms with Crippen LogP contribution in [-0.2, 0) is 24.2 Å².